The van der Waals surface area contributed by atoms with Gasteiger partial charge in [-0.3, -0.25) is 9.79 Å². The minimum atomic E-state index is -0.677. The number of aliphatic hydroxyl groups is 2. The van der Waals surface area contributed by atoms with E-state index in [1.54, 1.807) is 19.2 Å². The number of nitrogens with two attached hydrogens (primary N) is 1. The third-order valence-electron chi connectivity index (χ3n) is 9.08. The lowest BCUT2D eigenvalue weighted by Crippen LogP contribution is -2.51. The minimum Gasteiger partial charge on any atom is -0.504 e. The van der Waals surface area contributed by atoms with Crippen LogP contribution in [0, 0.1) is 23.2 Å². The monoisotopic (exact) mass is 584 g/mol. The van der Waals surface area contributed by atoms with Crippen molar-refractivity contribution in [3.63, 3.8) is 0 Å². The van der Waals surface area contributed by atoms with E-state index < -0.39 is 18.2 Å². The van der Waals surface area contributed by atoms with Crippen LogP contribution in [0.15, 0.2) is 17.1 Å². The molecule has 1 saturated heterocycles. The number of hydrogen-bond acceptors (Lipinski definition) is 8. The van der Waals surface area contributed by atoms with Crippen LogP contribution in [0.1, 0.15) is 82.3 Å². The van der Waals surface area contributed by atoms with Crippen molar-refractivity contribution in [3.8, 4) is 23.3 Å². The lowest BCUT2D eigenvalue weighted by Gasteiger charge is -2.42. The number of aliphatic imine (C=N–C) groups is 1. The molecule has 4 rings (SSSR count). The number of phenols is 1. The number of benzene rings is 1. The molecule has 0 radical (unpaired) electrons. The largest absolute Gasteiger partial charge is 0.504 e. The van der Waals surface area contributed by atoms with Crippen LogP contribution in [-0.2, 0) is 22.6 Å². The van der Waals surface area contributed by atoms with Crippen molar-refractivity contribution in [1.82, 2.24) is 10.6 Å². The van der Waals surface area contributed by atoms with Gasteiger partial charge in [0.2, 0.25) is 0 Å². The summed E-state index contributed by atoms with van der Waals surface area (Å²) in [6, 6.07) is 3.39. The maximum Gasteiger partial charge on any atom is 0.302 e. The molecule has 1 heterocycles. The van der Waals surface area contributed by atoms with E-state index in [2.05, 4.69) is 27.5 Å². The van der Waals surface area contributed by atoms with E-state index in [0.29, 0.717) is 49.4 Å². The molecule has 1 aliphatic heterocycles. The summed E-state index contributed by atoms with van der Waals surface area (Å²) in [5.41, 5.74) is 7.10. The van der Waals surface area contributed by atoms with Gasteiger partial charge in [0.25, 0.3) is 0 Å². The number of nitrogens with zero attached hydrogens (tertiary/aromatic N) is 1. The number of hydrogen-bond donors (Lipinski definition) is 6. The average molecular weight is 585 g/mol. The van der Waals surface area contributed by atoms with Crippen LogP contribution < -0.4 is 21.1 Å². The highest BCUT2D eigenvalue weighted by Crippen LogP contribution is 2.42. The van der Waals surface area contributed by atoms with Gasteiger partial charge in [0.15, 0.2) is 17.5 Å². The van der Waals surface area contributed by atoms with Gasteiger partial charge in [0.1, 0.15) is 12.2 Å². The second kappa shape index (κ2) is 14.9. The molecule has 1 aromatic carbocycles. The third-order valence-corrected chi connectivity index (χ3v) is 9.08. The van der Waals surface area contributed by atoms with Crippen molar-refractivity contribution in [2.24, 2.45) is 22.1 Å². The molecule has 232 valence electrons. The number of aliphatic hydroxyl groups excluding tert-OH is 2. The van der Waals surface area contributed by atoms with Crippen LogP contribution in [0.3, 0.4) is 0 Å². The second-order valence-corrected chi connectivity index (χ2v) is 12.1. The first-order valence-corrected chi connectivity index (χ1v) is 15.4. The molecular weight excluding hydrogens is 536 g/mol. The molecule has 0 aromatic heterocycles. The van der Waals surface area contributed by atoms with E-state index in [4.69, 9.17) is 15.2 Å². The van der Waals surface area contributed by atoms with Crippen molar-refractivity contribution in [1.29, 1.82) is 0 Å². The molecule has 0 unspecified atom stereocenters. The van der Waals surface area contributed by atoms with Crippen LogP contribution in [0.25, 0.3) is 0 Å². The summed E-state index contributed by atoms with van der Waals surface area (Å²) in [4.78, 5) is 16.3. The molecule has 1 aromatic rings. The summed E-state index contributed by atoms with van der Waals surface area (Å²) in [6.07, 6.45) is 6.80. The molecule has 1 saturated carbocycles. The van der Waals surface area contributed by atoms with Gasteiger partial charge < -0.3 is 41.2 Å². The Morgan fingerprint density at radius 3 is 2.69 bits per heavy atom. The molecule has 42 heavy (non-hydrogen) atoms. The zero-order valence-corrected chi connectivity index (χ0v) is 25.0. The van der Waals surface area contributed by atoms with Gasteiger partial charge in [-0.05, 0) is 81.3 Å². The Labute approximate surface area is 249 Å². The van der Waals surface area contributed by atoms with Gasteiger partial charge in [-0.2, -0.15) is 0 Å². The molecule has 2 fully saturated rings. The number of carbonyl (C=O) groups is 1. The normalized spacial score (nSPS) is 29.3. The second-order valence-electron chi connectivity index (χ2n) is 12.1. The van der Waals surface area contributed by atoms with E-state index >= 15 is 0 Å². The van der Waals surface area contributed by atoms with Gasteiger partial charge >= 0.3 is 5.97 Å². The van der Waals surface area contributed by atoms with Crippen molar-refractivity contribution in [2.75, 3.05) is 20.1 Å². The zero-order valence-electron chi connectivity index (χ0n) is 25.0. The summed E-state index contributed by atoms with van der Waals surface area (Å²) < 4.78 is 12.0. The molecule has 5 atom stereocenters. The summed E-state index contributed by atoms with van der Waals surface area (Å²) in [5.74, 6) is 7.17. The van der Waals surface area contributed by atoms with Gasteiger partial charge in [-0.1, -0.05) is 18.8 Å². The van der Waals surface area contributed by atoms with Crippen LogP contribution in [0.4, 0.5) is 0 Å². The fourth-order valence-electron chi connectivity index (χ4n) is 6.72. The number of phenolic OH excluding ortho intramolecular Hbond substituents is 1. The molecular formula is C32H48N4O6. The Balaban J connectivity index is 1.66. The van der Waals surface area contributed by atoms with E-state index in [9.17, 15) is 20.1 Å². The SMILES string of the molecule is CN=C(N)N[C@@H]1CCCC[C@]12C#CC[C@@H](Cc1cc(OC3CCNCC3)c(O)cc1CO)[C@@H](OC(C)=O)C[C@@H](O)CC2. The highest BCUT2D eigenvalue weighted by molar-refractivity contribution is 5.78. The predicted molar refractivity (Wildman–Crippen MR) is 161 cm³/mol. The first-order chi connectivity index (χ1) is 20.2. The number of aromatic hydroxyl groups is 1. The number of ether oxygens (including phenoxy) is 2. The number of piperidine rings is 1. The predicted octanol–water partition coefficient (Wildman–Crippen LogP) is 2.51. The molecule has 1 spiro atoms. The van der Waals surface area contributed by atoms with Gasteiger partial charge in [0.05, 0.1) is 18.1 Å². The van der Waals surface area contributed by atoms with Crippen molar-refractivity contribution < 1.29 is 29.6 Å². The van der Waals surface area contributed by atoms with E-state index in [1.165, 1.54) is 6.92 Å². The Bertz CT molecular complexity index is 1160. The Morgan fingerprint density at radius 2 is 1.98 bits per heavy atom. The van der Waals surface area contributed by atoms with Crippen LogP contribution in [0.5, 0.6) is 11.5 Å². The van der Waals surface area contributed by atoms with Gasteiger partial charge in [0, 0.05) is 38.8 Å². The third kappa shape index (κ3) is 8.30. The fraction of sp³-hybridized carbons (Fsp3) is 0.688. The number of esters is 1. The summed E-state index contributed by atoms with van der Waals surface area (Å²) in [5, 5.41) is 38.7. The molecule has 3 aliphatic rings. The number of nitrogens with one attached hydrogen (secondary N) is 2. The number of guanidine groups is 1. The number of carbonyl (C=O) groups excluding carboxylic acids is 1. The molecule has 10 nitrogen and oxygen atoms in total. The smallest absolute Gasteiger partial charge is 0.302 e. The standard InChI is InChI=1S/C32H48N4O6/c1-21(38)41-28-19-25(39)8-13-32(11-4-3-7-30(32)36-31(33)34-2)12-5-6-22(28)16-23-18-29(27(40)17-24(23)20-37)42-26-9-14-35-15-10-26/h17-18,22,25-26,28,30,35,37,39-40H,3-4,6-11,13-16,19-20H2,1-2H3,(H3,33,34,36)/t22-,25-,28-,30+,32+/m0/s1. The Kier molecular flexibility index (Phi) is 11.4. The lowest BCUT2D eigenvalue weighted by atomic mass is 9.67. The van der Waals surface area contributed by atoms with E-state index in [1.807, 2.05) is 0 Å². The van der Waals surface area contributed by atoms with E-state index in [0.717, 1.165) is 57.2 Å². The maximum absolute atomic E-state index is 12.2. The first kappa shape index (κ1) is 31.9. The number of rotatable bonds is 7. The zero-order chi connectivity index (χ0) is 30.1. The van der Waals surface area contributed by atoms with Crippen molar-refractivity contribution in [3.05, 3.63) is 23.3 Å². The lowest BCUT2D eigenvalue weighted by molar-refractivity contribution is -0.151. The van der Waals surface area contributed by atoms with Crippen LogP contribution >= 0.6 is 0 Å². The van der Waals surface area contributed by atoms with Crippen LogP contribution in [-0.4, -0.2) is 71.7 Å². The summed E-state index contributed by atoms with van der Waals surface area (Å²) >= 11 is 0. The average Bonchev–Trinajstić information content (AvgIpc) is 2.97. The Morgan fingerprint density at radius 1 is 1.19 bits per heavy atom. The highest BCUT2D eigenvalue weighted by Gasteiger charge is 2.41. The molecule has 10 heteroatoms. The fourth-order valence-corrected chi connectivity index (χ4v) is 6.72. The van der Waals surface area contributed by atoms with Crippen molar-refractivity contribution in [2.45, 2.75) is 109 Å². The molecule has 0 bridgehead atoms. The van der Waals surface area contributed by atoms with Gasteiger partial charge in [-0.15, -0.1) is 5.92 Å². The minimum absolute atomic E-state index is 0.00605. The summed E-state index contributed by atoms with van der Waals surface area (Å²) in [7, 11) is 1.66. The Hall–Kier alpha value is -3.00. The van der Waals surface area contributed by atoms with Crippen molar-refractivity contribution >= 4 is 11.9 Å². The molecule has 0 amide bonds. The topological polar surface area (TPSA) is 159 Å². The maximum atomic E-state index is 12.2. The van der Waals surface area contributed by atoms with Crippen LogP contribution in [0.2, 0.25) is 0 Å². The molecule has 7 N–H and O–H groups in total. The van der Waals surface area contributed by atoms with E-state index in [-0.39, 0.29) is 35.8 Å². The summed E-state index contributed by atoms with van der Waals surface area (Å²) in [6.45, 7) is 2.84. The first-order valence-electron chi connectivity index (χ1n) is 15.4. The quantitative estimate of drug-likeness (QED) is 0.123. The highest BCUT2D eigenvalue weighted by atomic mass is 16.5. The van der Waals surface area contributed by atoms with Gasteiger partial charge in [-0.25, -0.2) is 0 Å². The molecule has 2 aliphatic carbocycles.